The molecule has 23 heavy (non-hydrogen) atoms. The maximum atomic E-state index is 11.5. The molecular formula is C17H13ClN2O2S. The number of carbonyl (C=O) groups is 1. The molecule has 0 aliphatic carbocycles. The highest BCUT2D eigenvalue weighted by atomic mass is 35.5. The molecule has 2 N–H and O–H groups in total. The van der Waals surface area contributed by atoms with Crippen LogP contribution in [-0.2, 0) is 0 Å². The molecule has 0 radical (unpaired) electrons. The van der Waals surface area contributed by atoms with E-state index in [2.05, 4.69) is 10.3 Å². The van der Waals surface area contributed by atoms with Gasteiger partial charge in [0, 0.05) is 21.0 Å². The van der Waals surface area contributed by atoms with Gasteiger partial charge in [-0.15, -0.1) is 11.8 Å². The van der Waals surface area contributed by atoms with Gasteiger partial charge in [0.25, 0.3) is 0 Å². The molecule has 0 saturated heterocycles. The lowest BCUT2D eigenvalue weighted by Gasteiger charge is -2.11. The Morgan fingerprint density at radius 2 is 2.04 bits per heavy atom. The van der Waals surface area contributed by atoms with Crippen molar-refractivity contribution < 1.29 is 9.90 Å². The van der Waals surface area contributed by atoms with Gasteiger partial charge in [-0.05, 0) is 42.7 Å². The fourth-order valence-corrected chi connectivity index (χ4v) is 2.86. The molecule has 3 aromatic rings. The summed E-state index contributed by atoms with van der Waals surface area (Å²) in [6.07, 6.45) is 1.98. The smallest absolute Gasteiger partial charge is 0.339 e. The summed E-state index contributed by atoms with van der Waals surface area (Å²) in [6.45, 7) is 0. The molecular weight excluding hydrogens is 332 g/mol. The topological polar surface area (TPSA) is 62.2 Å². The normalized spacial score (nSPS) is 10.7. The van der Waals surface area contributed by atoms with Crippen LogP contribution in [0.15, 0.2) is 53.4 Å². The van der Waals surface area contributed by atoms with E-state index in [1.165, 1.54) is 0 Å². The summed E-state index contributed by atoms with van der Waals surface area (Å²) < 4.78 is 0. The van der Waals surface area contributed by atoms with E-state index in [0.29, 0.717) is 16.5 Å². The highest BCUT2D eigenvalue weighted by molar-refractivity contribution is 7.98. The highest BCUT2D eigenvalue weighted by Crippen LogP contribution is 2.27. The molecule has 0 spiro atoms. The van der Waals surface area contributed by atoms with Crippen LogP contribution >= 0.6 is 23.4 Å². The maximum absolute atomic E-state index is 11.5. The van der Waals surface area contributed by atoms with E-state index in [1.807, 2.05) is 30.5 Å². The molecule has 1 aromatic heterocycles. The zero-order valence-corrected chi connectivity index (χ0v) is 13.8. The number of hydrogen-bond donors (Lipinski definition) is 2. The third kappa shape index (κ3) is 3.41. The van der Waals surface area contributed by atoms with Crippen molar-refractivity contribution in [1.29, 1.82) is 0 Å². The molecule has 116 valence electrons. The van der Waals surface area contributed by atoms with Crippen LogP contribution in [0.2, 0.25) is 5.02 Å². The van der Waals surface area contributed by atoms with Gasteiger partial charge in [0.1, 0.15) is 11.4 Å². The Labute approximate surface area is 142 Å². The van der Waals surface area contributed by atoms with Crippen molar-refractivity contribution in [3.05, 3.63) is 59.1 Å². The predicted molar refractivity (Wildman–Crippen MR) is 95.2 cm³/mol. The minimum atomic E-state index is -1.03. The molecule has 3 rings (SSSR count). The number of aromatic carboxylic acids is 1. The van der Waals surface area contributed by atoms with Gasteiger partial charge in [0.05, 0.1) is 5.52 Å². The van der Waals surface area contributed by atoms with Crippen molar-refractivity contribution in [2.45, 2.75) is 4.90 Å². The summed E-state index contributed by atoms with van der Waals surface area (Å²) in [5.74, 6) is -0.733. The second-order valence-electron chi connectivity index (χ2n) is 4.88. The number of pyridine rings is 1. The number of carboxylic acid groups (broad SMARTS) is 1. The van der Waals surface area contributed by atoms with Gasteiger partial charge in [0.2, 0.25) is 0 Å². The first-order valence-electron chi connectivity index (χ1n) is 6.81. The molecule has 0 bridgehead atoms. The van der Waals surface area contributed by atoms with Gasteiger partial charge in [0.15, 0.2) is 0 Å². The van der Waals surface area contributed by atoms with E-state index in [-0.39, 0.29) is 5.56 Å². The number of halogens is 1. The lowest BCUT2D eigenvalue weighted by Crippen LogP contribution is -2.05. The minimum Gasteiger partial charge on any atom is -0.478 e. The fourth-order valence-electron chi connectivity index (χ4n) is 2.24. The number of hydrogen-bond acceptors (Lipinski definition) is 4. The number of rotatable bonds is 4. The number of nitrogens with one attached hydrogen (secondary N) is 1. The van der Waals surface area contributed by atoms with Crippen molar-refractivity contribution >= 4 is 51.7 Å². The van der Waals surface area contributed by atoms with Gasteiger partial charge in [-0.3, -0.25) is 0 Å². The molecule has 1 heterocycles. The number of carboxylic acids is 1. The summed E-state index contributed by atoms with van der Waals surface area (Å²) in [5.41, 5.74) is 1.55. The Kier molecular flexibility index (Phi) is 4.41. The third-order valence-corrected chi connectivity index (χ3v) is 4.30. The number of benzene rings is 2. The molecule has 0 aliphatic rings. The Morgan fingerprint density at radius 1 is 1.22 bits per heavy atom. The number of nitrogens with zero attached hydrogens (tertiary/aromatic N) is 1. The first-order valence-corrected chi connectivity index (χ1v) is 8.42. The van der Waals surface area contributed by atoms with E-state index < -0.39 is 5.97 Å². The van der Waals surface area contributed by atoms with Crippen molar-refractivity contribution in [3.63, 3.8) is 0 Å². The summed E-state index contributed by atoms with van der Waals surface area (Å²) in [4.78, 5) is 17.1. The molecule has 0 unspecified atom stereocenters. The quantitative estimate of drug-likeness (QED) is 0.648. The molecule has 0 amide bonds. The average Bonchev–Trinajstić information content (AvgIpc) is 2.53. The Bertz CT molecular complexity index is 899. The van der Waals surface area contributed by atoms with Gasteiger partial charge < -0.3 is 10.4 Å². The van der Waals surface area contributed by atoms with Gasteiger partial charge >= 0.3 is 5.97 Å². The zero-order valence-electron chi connectivity index (χ0n) is 12.2. The molecule has 6 heteroatoms. The van der Waals surface area contributed by atoms with Gasteiger partial charge in [-0.2, -0.15) is 0 Å². The second-order valence-corrected chi connectivity index (χ2v) is 6.20. The molecule has 0 fully saturated rings. The Morgan fingerprint density at radius 3 is 2.74 bits per heavy atom. The van der Waals surface area contributed by atoms with Crippen LogP contribution in [0.5, 0.6) is 0 Å². The van der Waals surface area contributed by atoms with E-state index in [1.54, 1.807) is 36.0 Å². The van der Waals surface area contributed by atoms with Gasteiger partial charge in [-0.1, -0.05) is 23.7 Å². The number of anilines is 2. The summed E-state index contributed by atoms with van der Waals surface area (Å²) in [6, 6.07) is 14.5. The molecule has 4 nitrogen and oxygen atoms in total. The van der Waals surface area contributed by atoms with E-state index in [4.69, 9.17) is 11.6 Å². The van der Waals surface area contributed by atoms with Crippen molar-refractivity contribution in [3.8, 4) is 0 Å². The largest absolute Gasteiger partial charge is 0.478 e. The first kappa shape index (κ1) is 15.6. The maximum Gasteiger partial charge on any atom is 0.339 e. The summed E-state index contributed by atoms with van der Waals surface area (Å²) >= 11 is 7.58. The fraction of sp³-hybridized carbons (Fsp3) is 0.0588. The van der Waals surface area contributed by atoms with Crippen molar-refractivity contribution in [1.82, 2.24) is 4.98 Å². The van der Waals surface area contributed by atoms with Crippen LogP contribution in [0.1, 0.15) is 10.4 Å². The van der Waals surface area contributed by atoms with Gasteiger partial charge in [-0.25, -0.2) is 9.78 Å². The molecule has 0 saturated carbocycles. The lowest BCUT2D eigenvalue weighted by molar-refractivity contribution is 0.0698. The Hall–Kier alpha value is -2.24. The van der Waals surface area contributed by atoms with E-state index >= 15 is 0 Å². The van der Waals surface area contributed by atoms with Crippen LogP contribution in [0, 0.1) is 0 Å². The van der Waals surface area contributed by atoms with Crippen LogP contribution in [0.3, 0.4) is 0 Å². The van der Waals surface area contributed by atoms with Crippen LogP contribution in [0.4, 0.5) is 11.5 Å². The standard InChI is InChI=1S/C17H13ClN2O2S/c1-23-13-6-5-10-7-14(17(21)22)16(20-15(10)9-13)19-12-4-2-3-11(18)8-12/h2-9H,1H3,(H,19,20)(H,21,22). The zero-order chi connectivity index (χ0) is 16.4. The Balaban J connectivity index is 2.12. The SMILES string of the molecule is CSc1ccc2cc(C(=O)O)c(Nc3cccc(Cl)c3)nc2c1. The molecule has 2 aromatic carbocycles. The monoisotopic (exact) mass is 344 g/mol. The van der Waals surface area contributed by atoms with E-state index in [0.717, 1.165) is 15.8 Å². The van der Waals surface area contributed by atoms with E-state index in [9.17, 15) is 9.90 Å². The number of fused-ring (bicyclic) bond motifs is 1. The van der Waals surface area contributed by atoms with Crippen LogP contribution in [-0.4, -0.2) is 22.3 Å². The second kappa shape index (κ2) is 6.48. The van der Waals surface area contributed by atoms with Crippen molar-refractivity contribution in [2.75, 3.05) is 11.6 Å². The lowest BCUT2D eigenvalue weighted by atomic mass is 10.1. The number of aromatic nitrogens is 1. The first-order chi connectivity index (χ1) is 11.1. The molecule has 0 aliphatic heterocycles. The molecule has 0 atom stereocenters. The average molecular weight is 345 g/mol. The summed E-state index contributed by atoms with van der Waals surface area (Å²) in [5, 5.41) is 13.8. The van der Waals surface area contributed by atoms with Crippen LogP contribution < -0.4 is 5.32 Å². The minimum absolute atomic E-state index is 0.120. The van der Waals surface area contributed by atoms with Crippen molar-refractivity contribution in [2.24, 2.45) is 0 Å². The predicted octanol–water partition coefficient (Wildman–Crippen LogP) is 5.05. The highest BCUT2D eigenvalue weighted by Gasteiger charge is 2.14. The third-order valence-electron chi connectivity index (χ3n) is 3.34. The number of thioether (sulfide) groups is 1. The summed E-state index contributed by atoms with van der Waals surface area (Å²) in [7, 11) is 0. The van der Waals surface area contributed by atoms with Crippen LogP contribution in [0.25, 0.3) is 10.9 Å².